The van der Waals surface area contributed by atoms with E-state index < -0.39 is 64.9 Å². The molecule has 200 valence electrons. The molecule has 2 aromatic carbocycles. The predicted molar refractivity (Wildman–Crippen MR) is 133 cm³/mol. The number of aliphatic hydroxyl groups is 2. The van der Waals surface area contributed by atoms with Gasteiger partial charge in [0.05, 0.1) is 24.8 Å². The van der Waals surface area contributed by atoms with E-state index in [0.29, 0.717) is 6.42 Å². The quantitative estimate of drug-likeness (QED) is 0.408. The minimum absolute atomic E-state index is 0.0180. The van der Waals surface area contributed by atoms with Crippen LogP contribution in [0.1, 0.15) is 50.7 Å². The van der Waals surface area contributed by atoms with E-state index in [-0.39, 0.29) is 29.1 Å². The van der Waals surface area contributed by atoms with Gasteiger partial charge in [0.1, 0.15) is 11.2 Å². The first-order valence-corrected chi connectivity index (χ1v) is 12.4. The SMILES string of the molecule is CC(C)(C)C[C@@H]1N[C@@H](C(=O)NCC[C@H](O)CO)[C@H](c2cccc(F)c2F)[C@@]1(C#N)c1ccc(Cl)cc1F. The third-order valence-electron chi connectivity index (χ3n) is 6.72. The first-order valence-electron chi connectivity index (χ1n) is 12.0. The summed E-state index contributed by atoms with van der Waals surface area (Å²) in [5.41, 5.74) is -2.54. The van der Waals surface area contributed by atoms with E-state index in [4.69, 9.17) is 16.7 Å². The van der Waals surface area contributed by atoms with Gasteiger partial charge in [0.2, 0.25) is 5.91 Å². The van der Waals surface area contributed by atoms with Gasteiger partial charge in [-0.05, 0) is 42.0 Å². The highest BCUT2D eigenvalue weighted by Crippen LogP contribution is 2.52. The normalized spacial score (nSPS) is 24.5. The summed E-state index contributed by atoms with van der Waals surface area (Å²) < 4.78 is 45.2. The molecule has 2 aromatic rings. The Kier molecular flexibility index (Phi) is 8.91. The Hall–Kier alpha value is -2.64. The van der Waals surface area contributed by atoms with E-state index in [1.54, 1.807) is 0 Å². The fraction of sp³-hybridized carbons (Fsp3) is 0.481. The van der Waals surface area contributed by atoms with Crippen molar-refractivity contribution < 1.29 is 28.2 Å². The second-order valence-electron chi connectivity index (χ2n) is 10.6. The smallest absolute Gasteiger partial charge is 0.237 e. The number of nitrogens with zero attached hydrogens (tertiary/aromatic N) is 1. The first kappa shape index (κ1) is 28.9. The van der Waals surface area contributed by atoms with Crippen molar-refractivity contribution in [3.63, 3.8) is 0 Å². The van der Waals surface area contributed by atoms with Crippen molar-refractivity contribution in [3.8, 4) is 6.07 Å². The Morgan fingerprint density at radius 3 is 2.54 bits per heavy atom. The van der Waals surface area contributed by atoms with Gasteiger partial charge in [0.15, 0.2) is 11.6 Å². The first-order chi connectivity index (χ1) is 17.4. The van der Waals surface area contributed by atoms with Crippen molar-refractivity contribution in [2.75, 3.05) is 13.2 Å². The second-order valence-corrected chi connectivity index (χ2v) is 11.0. The maximum absolute atomic E-state index is 15.5. The summed E-state index contributed by atoms with van der Waals surface area (Å²) in [5, 5.41) is 35.2. The maximum Gasteiger partial charge on any atom is 0.237 e. The zero-order chi connectivity index (χ0) is 27.5. The zero-order valence-electron chi connectivity index (χ0n) is 20.9. The third-order valence-corrected chi connectivity index (χ3v) is 6.95. The molecule has 1 amide bonds. The molecule has 37 heavy (non-hydrogen) atoms. The lowest BCUT2D eigenvalue weighted by molar-refractivity contribution is -0.123. The molecule has 0 aromatic heterocycles. The molecule has 0 bridgehead atoms. The molecule has 10 heteroatoms. The molecule has 5 atom stereocenters. The van der Waals surface area contributed by atoms with Gasteiger partial charge in [0, 0.05) is 29.1 Å². The van der Waals surface area contributed by atoms with Crippen LogP contribution in [0, 0.1) is 34.2 Å². The summed E-state index contributed by atoms with van der Waals surface area (Å²) in [6.07, 6.45) is -0.708. The Labute approximate surface area is 219 Å². The molecule has 0 unspecified atom stereocenters. The standard InChI is InChI=1S/C27H31ClF3N3O3/c1-26(2,3)12-21-27(14-32,18-8-7-15(28)11-20(18)30)22(17-5-4-6-19(29)23(17)31)24(34-21)25(37)33-10-9-16(36)13-35/h4-8,11,16,21-22,24,34-36H,9-10,12-13H2,1-3H3,(H,33,37)/t16-,21-,22-,24+,27-/m0/s1. The Morgan fingerprint density at radius 1 is 1.24 bits per heavy atom. The van der Waals surface area contributed by atoms with Gasteiger partial charge in [-0.15, -0.1) is 0 Å². The van der Waals surface area contributed by atoms with Gasteiger partial charge in [-0.2, -0.15) is 5.26 Å². The molecule has 1 aliphatic rings. The van der Waals surface area contributed by atoms with E-state index >= 15 is 8.78 Å². The van der Waals surface area contributed by atoms with E-state index in [1.807, 2.05) is 20.8 Å². The number of carbonyl (C=O) groups is 1. The van der Waals surface area contributed by atoms with Gasteiger partial charge in [0.25, 0.3) is 0 Å². The zero-order valence-corrected chi connectivity index (χ0v) is 21.6. The Balaban J connectivity index is 2.24. The lowest BCUT2D eigenvalue weighted by Crippen LogP contribution is -2.46. The van der Waals surface area contributed by atoms with Crippen LogP contribution in [-0.4, -0.2) is 47.5 Å². The highest BCUT2D eigenvalue weighted by Gasteiger charge is 2.61. The number of benzene rings is 2. The average Bonchev–Trinajstić information content (AvgIpc) is 3.13. The molecule has 0 radical (unpaired) electrons. The highest BCUT2D eigenvalue weighted by atomic mass is 35.5. The molecule has 1 saturated heterocycles. The van der Waals surface area contributed by atoms with Crippen LogP contribution in [-0.2, 0) is 10.2 Å². The van der Waals surface area contributed by atoms with Crippen LogP contribution in [0.4, 0.5) is 13.2 Å². The van der Waals surface area contributed by atoms with Crippen LogP contribution in [0.15, 0.2) is 36.4 Å². The van der Waals surface area contributed by atoms with Gasteiger partial charge in [-0.1, -0.05) is 50.6 Å². The average molecular weight is 538 g/mol. The van der Waals surface area contributed by atoms with Crippen molar-refractivity contribution in [1.29, 1.82) is 5.26 Å². The molecule has 1 fully saturated rings. The lowest BCUT2D eigenvalue weighted by Gasteiger charge is -2.37. The van der Waals surface area contributed by atoms with Gasteiger partial charge < -0.3 is 20.8 Å². The topological polar surface area (TPSA) is 105 Å². The summed E-state index contributed by atoms with van der Waals surface area (Å²) in [5.74, 6) is -5.15. The van der Waals surface area contributed by atoms with E-state index in [9.17, 15) is 19.6 Å². The van der Waals surface area contributed by atoms with Crippen LogP contribution in [0.3, 0.4) is 0 Å². The van der Waals surface area contributed by atoms with Crippen LogP contribution in [0.25, 0.3) is 0 Å². The number of hydrogen-bond donors (Lipinski definition) is 4. The molecule has 0 aliphatic carbocycles. The van der Waals surface area contributed by atoms with Crippen molar-refractivity contribution in [3.05, 3.63) is 70.0 Å². The number of nitriles is 1. The summed E-state index contributed by atoms with van der Waals surface area (Å²) in [7, 11) is 0. The summed E-state index contributed by atoms with van der Waals surface area (Å²) >= 11 is 5.98. The van der Waals surface area contributed by atoms with Gasteiger partial charge in [-0.3, -0.25) is 4.79 Å². The van der Waals surface area contributed by atoms with Crippen LogP contribution in [0.2, 0.25) is 5.02 Å². The van der Waals surface area contributed by atoms with Crippen molar-refractivity contribution in [2.24, 2.45) is 5.41 Å². The number of rotatable bonds is 8. The summed E-state index contributed by atoms with van der Waals surface area (Å²) in [6, 6.07) is 7.43. The van der Waals surface area contributed by atoms with Crippen molar-refractivity contribution >= 4 is 17.5 Å². The third kappa shape index (κ3) is 5.93. The number of halogens is 4. The molecule has 0 spiro atoms. The highest BCUT2D eigenvalue weighted by molar-refractivity contribution is 6.30. The van der Waals surface area contributed by atoms with Crippen LogP contribution < -0.4 is 10.6 Å². The molecule has 1 heterocycles. The number of carbonyl (C=O) groups excluding carboxylic acids is 1. The van der Waals surface area contributed by atoms with E-state index in [1.165, 1.54) is 24.3 Å². The lowest BCUT2D eigenvalue weighted by atomic mass is 9.62. The number of aliphatic hydroxyl groups excluding tert-OH is 2. The predicted octanol–water partition coefficient (Wildman–Crippen LogP) is 3.94. The number of hydrogen-bond acceptors (Lipinski definition) is 5. The minimum atomic E-state index is -1.82. The van der Waals surface area contributed by atoms with Gasteiger partial charge in [-0.25, -0.2) is 13.2 Å². The van der Waals surface area contributed by atoms with E-state index in [0.717, 1.165) is 12.1 Å². The summed E-state index contributed by atoms with van der Waals surface area (Å²) in [6.45, 7) is 5.23. The molecule has 3 rings (SSSR count). The molecule has 6 nitrogen and oxygen atoms in total. The monoisotopic (exact) mass is 537 g/mol. The molecule has 4 N–H and O–H groups in total. The fourth-order valence-corrected chi connectivity index (χ4v) is 5.28. The molecule has 1 aliphatic heterocycles. The van der Waals surface area contributed by atoms with Crippen molar-refractivity contribution in [2.45, 2.75) is 63.1 Å². The molecule has 0 saturated carbocycles. The van der Waals surface area contributed by atoms with E-state index in [2.05, 4.69) is 16.7 Å². The maximum atomic E-state index is 15.5. The van der Waals surface area contributed by atoms with Crippen molar-refractivity contribution in [1.82, 2.24) is 10.6 Å². The minimum Gasteiger partial charge on any atom is -0.394 e. The van der Waals surface area contributed by atoms with Crippen LogP contribution >= 0.6 is 11.6 Å². The van der Waals surface area contributed by atoms with Crippen LogP contribution in [0.5, 0.6) is 0 Å². The second kappa shape index (κ2) is 11.4. The Morgan fingerprint density at radius 2 is 1.95 bits per heavy atom. The van der Waals surface area contributed by atoms with Gasteiger partial charge >= 0.3 is 0 Å². The molecular formula is C27H31ClF3N3O3. The Bertz CT molecular complexity index is 1180. The summed E-state index contributed by atoms with van der Waals surface area (Å²) in [4.78, 5) is 13.4. The number of nitrogens with one attached hydrogen (secondary N) is 2. The fourth-order valence-electron chi connectivity index (χ4n) is 5.12. The largest absolute Gasteiger partial charge is 0.394 e. The molecular weight excluding hydrogens is 507 g/mol. The number of amides is 1.